The van der Waals surface area contributed by atoms with Crippen LogP contribution in [-0.4, -0.2) is 4.57 Å². The molecule has 9 aromatic rings. The predicted octanol–water partition coefficient (Wildman–Crippen LogP) is 11.6. The van der Waals surface area contributed by atoms with Crippen molar-refractivity contribution in [3.05, 3.63) is 152 Å². The van der Waals surface area contributed by atoms with Crippen LogP contribution in [0.2, 0.25) is 0 Å². The van der Waals surface area contributed by atoms with Gasteiger partial charge in [-0.15, -0.1) is 11.3 Å². The van der Waals surface area contributed by atoms with Gasteiger partial charge < -0.3 is 4.57 Å². The van der Waals surface area contributed by atoms with Crippen LogP contribution >= 0.6 is 11.3 Å². The fourth-order valence-corrected chi connectivity index (χ4v) is 7.77. The molecule has 0 radical (unpaired) electrons. The normalized spacial score (nSPS) is 11.8. The van der Waals surface area contributed by atoms with Crippen molar-refractivity contribution < 1.29 is 0 Å². The Morgan fingerprint density at radius 1 is 0.381 bits per heavy atom. The van der Waals surface area contributed by atoms with E-state index >= 15 is 0 Å². The average molecular weight is 552 g/mol. The summed E-state index contributed by atoms with van der Waals surface area (Å²) in [4.78, 5) is 0. The molecule has 42 heavy (non-hydrogen) atoms. The van der Waals surface area contributed by atoms with Gasteiger partial charge in [0.15, 0.2) is 0 Å². The van der Waals surface area contributed by atoms with Crippen molar-refractivity contribution in [1.29, 1.82) is 0 Å². The Kier molecular flexibility index (Phi) is 5.13. The van der Waals surface area contributed by atoms with Crippen LogP contribution in [0, 0.1) is 0 Å². The second-order valence-corrected chi connectivity index (χ2v) is 12.0. The molecule has 0 amide bonds. The lowest BCUT2D eigenvalue weighted by atomic mass is 9.98. The molecular formula is C40H25NS. The molecule has 0 aliphatic heterocycles. The van der Waals surface area contributed by atoms with Crippen molar-refractivity contribution in [3.63, 3.8) is 0 Å². The van der Waals surface area contributed by atoms with E-state index in [1.54, 1.807) is 0 Å². The monoisotopic (exact) mass is 551 g/mol. The largest absolute Gasteiger partial charge is 0.309 e. The highest BCUT2D eigenvalue weighted by molar-refractivity contribution is 7.26. The molecule has 0 atom stereocenters. The minimum absolute atomic E-state index is 1.21. The van der Waals surface area contributed by atoms with E-state index in [4.69, 9.17) is 0 Å². The van der Waals surface area contributed by atoms with E-state index in [9.17, 15) is 0 Å². The standard InChI is InChI=1S/C40H25NS/c1-2-9-26(10-3-1)27-17-19-28(20-18-27)30-21-22-35-33(25-30)39-36(23-24-38-40(39)32-14-6-7-16-37(32)42-38)41(35)34-15-8-12-29-11-4-5-13-31(29)34/h1-25H. The Morgan fingerprint density at radius 3 is 1.88 bits per heavy atom. The number of hydrogen-bond donors (Lipinski definition) is 0. The molecule has 0 aliphatic rings. The zero-order valence-corrected chi connectivity index (χ0v) is 23.6. The van der Waals surface area contributed by atoms with E-state index in [-0.39, 0.29) is 0 Å². The van der Waals surface area contributed by atoms with Crippen molar-refractivity contribution in [2.24, 2.45) is 0 Å². The van der Waals surface area contributed by atoms with E-state index in [1.165, 1.54) is 80.7 Å². The minimum atomic E-state index is 1.21. The van der Waals surface area contributed by atoms with Crippen LogP contribution in [0.3, 0.4) is 0 Å². The summed E-state index contributed by atoms with van der Waals surface area (Å²) in [7, 11) is 0. The van der Waals surface area contributed by atoms with Gasteiger partial charge in [0.05, 0.1) is 16.7 Å². The zero-order valence-electron chi connectivity index (χ0n) is 22.8. The third-order valence-electron chi connectivity index (χ3n) is 8.60. The molecule has 2 heterocycles. The highest BCUT2D eigenvalue weighted by Crippen LogP contribution is 2.44. The number of aromatic nitrogens is 1. The van der Waals surface area contributed by atoms with Crippen molar-refractivity contribution in [2.75, 3.05) is 0 Å². The number of rotatable bonds is 3. The second kappa shape index (κ2) is 9.17. The number of hydrogen-bond acceptors (Lipinski definition) is 1. The molecule has 196 valence electrons. The fraction of sp³-hybridized carbons (Fsp3) is 0. The van der Waals surface area contributed by atoms with E-state index in [0.717, 1.165) is 0 Å². The molecule has 0 bridgehead atoms. The van der Waals surface area contributed by atoms with Crippen LogP contribution in [0.1, 0.15) is 0 Å². The molecule has 0 fully saturated rings. The first-order chi connectivity index (χ1) is 20.8. The van der Waals surface area contributed by atoms with Gasteiger partial charge in [0.1, 0.15) is 0 Å². The minimum Gasteiger partial charge on any atom is -0.309 e. The summed E-state index contributed by atoms with van der Waals surface area (Å²) >= 11 is 1.88. The first kappa shape index (κ1) is 23.5. The van der Waals surface area contributed by atoms with E-state index < -0.39 is 0 Å². The number of thiophene rings is 1. The van der Waals surface area contributed by atoms with Gasteiger partial charge in [-0.2, -0.15) is 0 Å². The van der Waals surface area contributed by atoms with Gasteiger partial charge in [-0.3, -0.25) is 0 Å². The van der Waals surface area contributed by atoms with Crippen LogP contribution in [0.4, 0.5) is 0 Å². The van der Waals surface area contributed by atoms with Gasteiger partial charge in [-0.25, -0.2) is 0 Å². The summed E-state index contributed by atoms with van der Waals surface area (Å²) in [5.41, 5.74) is 8.62. The Morgan fingerprint density at radius 2 is 1.02 bits per heavy atom. The van der Waals surface area contributed by atoms with Crippen LogP contribution in [0.15, 0.2) is 152 Å². The molecule has 0 spiro atoms. The summed E-state index contributed by atoms with van der Waals surface area (Å²) in [5.74, 6) is 0. The molecule has 2 aromatic heterocycles. The summed E-state index contributed by atoms with van der Waals surface area (Å²) in [6.45, 7) is 0. The third kappa shape index (κ3) is 3.49. The Labute approximate surface area is 247 Å². The van der Waals surface area contributed by atoms with Crippen molar-refractivity contribution in [1.82, 2.24) is 4.57 Å². The summed E-state index contributed by atoms with van der Waals surface area (Å²) in [6.07, 6.45) is 0. The number of nitrogens with zero attached hydrogens (tertiary/aromatic N) is 1. The topological polar surface area (TPSA) is 4.93 Å². The zero-order chi connectivity index (χ0) is 27.6. The van der Waals surface area contributed by atoms with Gasteiger partial charge in [-0.05, 0) is 64.0 Å². The molecular weight excluding hydrogens is 527 g/mol. The maximum absolute atomic E-state index is 2.47. The van der Waals surface area contributed by atoms with Gasteiger partial charge >= 0.3 is 0 Å². The predicted molar refractivity (Wildman–Crippen MR) is 182 cm³/mol. The highest BCUT2D eigenvalue weighted by Gasteiger charge is 2.19. The first-order valence-corrected chi connectivity index (χ1v) is 15.2. The molecule has 2 heteroatoms. The fourth-order valence-electron chi connectivity index (χ4n) is 6.65. The maximum Gasteiger partial charge on any atom is 0.0548 e. The van der Waals surface area contributed by atoms with Crippen LogP contribution in [-0.2, 0) is 0 Å². The Balaban J connectivity index is 1.36. The summed E-state index contributed by atoms with van der Waals surface area (Å²) in [6, 6.07) is 55.4. The first-order valence-electron chi connectivity index (χ1n) is 14.4. The van der Waals surface area contributed by atoms with E-state index in [2.05, 4.69) is 156 Å². The molecule has 1 nitrogen and oxygen atoms in total. The molecule has 0 saturated heterocycles. The second-order valence-electron chi connectivity index (χ2n) is 10.9. The molecule has 7 aromatic carbocycles. The van der Waals surface area contributed by atoms with E-state index in [0.29, 0.717) is 0 Å². The maximum atomic E-state index is 2.47. The summed E-state index contributed by atoms with van der Waals surface area (Å²) < 4.78 is 5.14. The lowest BCUT2D eigenvalue weighted by Gasteiger charge is -2.12. The third-order valence-corrected chi connectivity index (χ3v) is 9.74. The average Bonchev–Trinajstić information content (AvgIpc) is 3.60. The van der Waals surface area contributed by atoms with Crippen LogP contribution in [0.5, 0.6) is 0 Å². The Hall–Kier alpha value is -5.18. The quantitative estimate of drug-likeness (QED) is 0.206. The van der Waals surface area contributed by atoms with Gasteiger partial charge in [0.2, 0.25) is 0 Å². The van der Waals surface area contributed by atoms with Gasteiger partial charge in [-0.1, -0.05) is 115 Å². The van der Waals surface area contributed by atoms with Crippen molar-refractivity contribution in [3.8, 4) is 27.9 Å². The lowest BCUT2D eigenvalue weighted by Crippen LogP contribution is -1.95. The smallest absolute Gasteiger partial charge is 0.0548 e. The van der Waals surface area contributed by atoms with Crippen LogP contribution < -0.4 is 0 Å². The van der Waals surface area contributed by atoms with E-state index in [1.807, 2.05) is 11.3 Å². The Bertz CT molecular complexity index is 2440. The lowest BCUT2D eigenvalue weighted by molar-refractivity contribution is 1.20. The van der Waals surface area contributed by atoms with Gasteiger partial charge in [0.25, 0.3) is 0 Å². The molecule has 9 rings (SSSR count). The molecule has 0 unspecified atom stereocenters. The molecule has 0 N–H and O–H groups in total. The van der Waals surface area contributed by atoms with Gasteiger partial charge in [0, 0.05) is 36.3 Å². The van der Waals surface area contributed by atoms with Crippen molar-refractivity contribution >= 4 is 64.1 Å². The molecule has 0 aliphatic carbocycles. The summed E-state index contributed by atoms with van der Waals surface area (Å²) in [5, 5.41) is 7.82. The molecule has 0 saturated carbocycles. The number of fused-ring (bicyclic) bond motifs is 8. The van der Waals surface area contributed by atoms with Crippen LogP contribution in [0.25, 0.3) is 80.7 Å². The highest BCUT2D eigenvalue weighted by atomic mass is 32.1. The number of benzene rings is 7. The SMILES string of the molecule is c1ccc(-c2ccc(-c3ccc4c(c3)c3c5c(ccc3n4-c3cccc4ccccc34)sc3ccccc35)cc2)cc1. The van der Waals surface area contributed by atoms with Crippen molar-refractivity contribution in [2.45, 2.75) is 0 Å².